The molecule has 1 unspecified atom stereocenters. The third-order valence-electron chi connectivity index (χ3n) is 2.40. The Morgan fingerprint density at radius 3 is 2.76 bits per heavy atom. The van der Waals surface area contributed by atoms with Crippen molar-refractivity contribution in [3.63, 3.8) is 0 Å². The summed E-state index contributed by atoms with van der Waals surface area (Å²) in [7, 11) is 1.79. The van der Waals surface area contributed by atoms with Gasteiger partial charge < -0.3 is 20.1 Å². The summed E-state index contributed by atoms with van der Waals surface area (Å²) in [6, 6.07) is 0. The van der Waals surface area contributed by atoms with E-state index in [4.69, 9.17) is 15.2 Å². The van der Waals surface area contributed by atoms with Crippen molar-refractivity contribution in [2.75, 3.05) is 40.0 Å². The lowest BCUT2D eigenvalue weighted by Crippen LogP contribution is -2.30. The van der Waals surface area contributed by atoms with Crippen molar-refractivity contribution in [2.24, 2.45) is 5.73 Å². The molecule has 5 nitrogen and oxygen atoms in total. The predicted molar refractivity (Wildman–Crippen MR) is 67.8 cm³/mol. The molecule has 102 valence electrons. The van der Waals surface area contributed by atoms with Gasteiger partial charge in [-0.1, -0.05) is 0 Å². The number of hydrogen-bond donors (Lipinski definition) is 1. The highest BCUT2D eigenvalue weighted by Crippen LogP contribution is 1.97. The highest BCUT2D eigenvalue weighted by atomic mass is 16.5. The average Bonchev–Trinajstić information content (AvgIpc) is 2.33. The Kier molecular flexibility index (Phi) is 10.1. The highest BCUT2D eigenvalue weighted by Gasteiger charge is 2.09. The molecular formula is C12H26N2O3. The van der Waals surface area contributed by atoms with E-state index in [1.165, 1.54) is 0 Å². The van der Waals surface area contributed by atoms with Gasteiger partial charge in [0.2, 0.25) is 5.91 Å². The molecule has 0 heterocycles. The second-order valence-electron chi connectivity index (χ2n) is 4.05. The summed E-state index contributed by atoms with van der Waals surface area (Å²) in [4.78, 5) is 13.3. The maximum atomic E-state index is 11.6. The quantitative estimate of drug-likeness (QED) is 0.614. The second kappa shape index (κ2) is 10.5. The SMILES string of the molecule is CCOCC(C)OCCC(=O)N(C)CCCN. The zero-order valence-corrected chi connectivity index (χ0v) is 11.3. The van der Waals surface area contributed by atoms with Gasteiger partial charge in [0.25, 0.3) is 0 Å². The van der Waals surface area contributed by atoms with Gasteiger partial charge in [-0.15, -0.1) is 0 Å². The van der Waals surface area contributed by atoms with Crippen LogP contribution >= 0.6 is 0 Å². The molecule has 0 bridgehead atoms. The fourth-order valence-electron chi connectivity index (χ4n) is 1.32. The summed E-state index contributed by atoms with van der Waals surface area (Å²) in [6.07, 6.45) is 1.29. The van der Waals surface area contributed by atoms with E-state index in [1.807, 2.05) is 13.8 Å². The number of carbonyl (C=O) groups excluding carboxylic acids is 1. The van der Waals surface area contributed by atoms with E-state index >= 15 is 0 Å². The van der Waals surface area contributed by atoms with Gasteiger partial charge in [-0.25, -0.2) is 0 Å². The van der Waals surface area contributed by atoms with Crippen LogP contribution in [0, 0.1) is 0 Å². The van der Waals surface area contributed by atoms with Crippen LogP contribution in [-0.4, -0.2) is 56.9 Å². The molecule has 0 aliphatic heterocycles. The highest BCUT2D eigenvalue weighted by molar-refractivity contribution is 5.75. The number of nitrogens with zero attached hydrogens (tertiary/aromatic N) is 1. The molecule has 1 amide bonds. The molecule has 0 aliphatic carbocycles. The van der Waals surface area contributed by atoms with Gasteiger partial charge in [0.05, 0.1) is 25.7 Å². The van der Waals surface area contributed by atoms with Gasteiger partial charge in [-0.2, -0.15) is 0 Å². The largest absolute Gasteiger partial charge is 0.379 e. The smallest absolute Gasteiger partial charge is 0.224 e. The van der Waals surface area contributed by atoms with Gasteiger partial charge in [-0.3, -0.25) is 4.79 Å². The Labute approximate surface area is 104 Å². The second-order valence-corrected chi connectivity index (χ2v) is 4.05. The van der Waals surface area contributed by atoms with E-state index in [0.717, 1.165) is 6.42 Å². The number of ether oxygens (including phenoxy) is 2. The number of amides is 1. The number of rotatable bonds is 10. The van der Waals surface area contributed by atoms with E-state index in [2.05, 4.69) is 0 Å². The summed E-state index contributed by atoms with van der Waals surface area (Å²) < 4.78 is 10.7. The Bertz CT molecular complexity index is 200. The van der Waals surface area contributed by atoms with Crippen LogP contribution in [0.5, 0.6) is 0 Å². The third-order valence-corrected chi connectivity index (χ3v) is 2.40. The molecule has 1 atom stereocenters. The van der Waals surface area contributed by atoms with Crippen LogP contribution in [-0.2, 0) is 14.3 Å². The zero-order chi connectivity index (χ0) is 13.1. The molecule has 0 aliphatic rings. The number of carbonyl (C=O) groups is 1. The van der Waals surface area contributed by atoms with Crippen molar-refractivity contribution in [3.05, 3.63) is 0 Å². The molecule has 0 aromatic heterocycles. The van der Waals surface area contributed by atoms with Crippen molar-refractivity contribution < 1.29 is 14.3 Å². The first-order valence-corrected chi connectivity index (χ1v) is 6.25. The third kappa shape index (κ3) is 9.09. The van der Waals surface area contributed by atoms with E-state index in [-0.39, 0.29) is 12.0 Å². The van der Waals surface area contributed by atoms with Crippen molar-refractivity contribution in [3.8, 4) is 0 Å². The molecule has 0 radical (unpaired) electrons. The molecule has 0 fully saturated rings. The zero-order valence-electron chi connectivity index (χ0n) is 11.3. The maximum Gasteiger partial charge on any atom is 0.224 e. The minimum absolute atomic E-state index is 0.0390. The van der Waals surface area contributed by atoms with Crippen molar-refractivity contribution in [2.45, 2.75) is 32.8 Å². The van der Waals surface area contributed by atoms with Crippen LogP contribution in [0.25, 0.3) is 0 Å². The fourth-order valence-corrected chi connectivity index (χ4v) is 1.32. The number of hydrogen-bond acceptors (Lipinski definition) is 4. The van der Waals surface area contributed by atoms with Gasteiger partial charge >= 0.3 is 0 Å². The summed E-state index contributed by atoms with van der Waals surface area (Å²) in [5.41, 5.74) is 5.39. The van der Waals surface area contributed by atoms with Crippen molar-refractivity contribution in [1.29, 1.82) is 0 Å². The molecule has 0 aromatic carbocycles. The first-order valence-electron chi connectivity index (χ1n) is 6.25. The van der Waals surface area contributed by atoms with Crippen LogP contribution in [0.3, 0.4) is 0 Å². The first kappa shape index (κ1) is 16.4. The van der Waals surface area contributed by atoms with Crippen LogP contribution in [0.2, 0.25) is 0 Å². The summed E-state index contributed by atoms with van der Waals surface area (Å²) in [6.45, 7) is 6.92. The van der Waals surface area contributed by atoms with E-state index in [0.29, 0.717) is 39.3 Å². The van der Waals surface area contributed by atoms with Gasteiger partial charge in [-0.05, 0) is 26.8 Å². The normalized spacial score (nSPS) is 12.5. The van der Waals surface area contributed by atoms with Crippen molar-refractivity contribution in [1.82, 2.24) is 4.90 Å². The maximum absolute atomic E-state index is 11.6. The summed E-state index contributed by atoms with van der Waals surface area (Å²) in [5.74, 6) is 0.0991. The minimum Gasteiger partial charge on any atom is -0.379 e. The lowest BCUT2D eigenvalue weighted by molar-refractivity contribution is -0.131. The Balaban J connectivity index is 3.55. The molecule has 17 heavy (non-hydrogen) atoms. The van der Waals surface area contributed by atoms with Crippen LogP contribution in [0.4, 0.5) is 0 Å². The van der Waals surface area contributed by atoms with Gasteiger partial charge in [0.15, 0.2) is 0 Å². The van der Waals surface area contributed by atoms with Crippen LogP contribution in [0.1, 0.15) is 26.7 Å². The Morgan fingerprint density at radius 1 is 1.47 bits per heavy atom. The Morgan fingerprint density at radius 2 is 2.18 bits per heavy atom. The summed E-state index contributed by atoms with van der Waals surface area (Å²) in [5, 5.41) is 0. The van der Waals surface area contributed by atoms with Crippen molar-refractivity contribution >= 4 is 5.91 Å². The van der Waals surface area contributed by atoms with E-state index < -0.39 is 0 Å². The monoisotopic (exact) mass is 246 g/mol. The molecular weight excluding hydrogens is 220 g/mol. The first-order chi connectivity index (χ1) is 8.11. The standard InChI is InChI=1S/C12H26N2O3/c1-4-16-10-11(2)17-9-6-12(15)14(3)8-5-7-13/h11H,4-10,13H2,1-3H3. The lowest BCUT2D eigenvalue weighted by atomic mass is 10.3. The van der Waals surface area contributed by atoms with Gasteiger partial charge in [0.1, 0.15) is 0 Å². The minimum atomic E-state index is 0.0390. The molecule has 5 heteroatoms. The molecule has 0 aromatic rings. The molecule has 0 spiro atoms. The molecule has 2 N–H and O–H groups in total. The van der Waals surface area contributed by atoms with E-state index in [1.54, 1.807) is 11.9 Å². The van der Waals surface area contributed by atoms with E-state index in [9.17, 15) is 4.79 Å². The molecule has 0 saturated carbocycles. The van der Waals surface area contributed by atoms with Gasteiger partial charge in [0, 0.05) is 20.2 Å². The molecule has 0 saturated heterocycles. The topological polar surface area (TPSA) is 64.8 Å². The average molecular weight is 246 g/mol. The Hall–Kier alpha value is -0.650. The lowest BCUT2D eigenvalue weighted by Gasteiger charge is -2.17. The molecule has 0 rings (SSSR count). The fraction of sp³-hybridized carbons (Fsp3) is 0.917. The summed E-state index contributed by atoms with van der Waals surface area (Å²) >= 11 is 0. The predicted octanol–water partition coefficient (Wildman–Crippen LogP) is 0.625. The van der Waals surface area contributed by atoms with Crippen LogP contribution < -0.4 is 5.73 Å². The van der Waals surface area contributed by atoms with Crippen LogP contribution in [0.15, 0.2) is 0 Å². The number of nitrogens with two attached hydrogens (primary N) is 1.